The number of aliphatic hydroxyl groups excluding tert-OH is 1. The van der Waals surface area contributed by atoms with Crippen LogP contribution in [0.25, 0.3) is 0 Å². The second-order valence-electron chi connectivity index (χ2n) is 3.66. The average molecular weight is 241 g/mol. The summed E-state index contributed by atoms with van der Waals surface area (Å²) in [5.41, 5.74) is 0.465. The van der Waals surface area contributed by atoms with Gasteiger partial charge in [0.15, 0.2) is 5.75 Å². The van der Waals surface area contributed by atoms with Gasteiger partial charge in [-0.1, -0.05) is 0 Å². The van der Waals surface area contributed by atoms with Crippen LogP contribution in [0.4, 0.5) is 5.69 Å². The molecule has 17 heavy (non-hydrogen) atoms. The van der Waals surface area contributed by atoms with Crippen LogP contribution in [0, 0.1) is 10.1 Å². The lowest BCUT2D eigenvalue weighted by molar-refractivity contribution is -0.385. The fourth-order valence-electron chi connectivity index (χ4n) is 1.59. The van der Waals surface area contributed by atoms with Gasteiger partial charge in [0.2, 0.25) is 5.75 Å². The summed E-state index contributed by atoms with van der Waals surface area (Å²) in [7, 11) is 2.76. The molecule has 0 aromatic heterocycles. The summed E-state index contributed by atoms with van der Waals surface area (Å²) in [6, 6.07) is 3.01. The largest absolute Gasteiger partial charge is 0.493 e. The van der Waals surface area contributed by atoms with Gasteiger partial charge in [-0.25, -0.2) is 0 Å². The Morgan fingerprint density at radius 3 is 2.47 bits per heavy atom. The van der Waals surface area contributed by atoms with Gasteiger partial charge in [-0.3, -0.25) is 10.1 Å². The number of hydrogen-bond acceptors (Lipinski definition) is 5. The fraction of sp³-hybridized carbons (Fsp3) is 0.455. The minimum atomic E-state index is -0.576. The van der Waals surface area contributed by atoms with Gasteiger partial charge < -0.3 is 14.6 Å². The Balaban J connectivity index is 3.29. The molecule has 0 amide bonds. The number of nitrogens with zero attached hydrogens (tertiary/aromatic N) is 1. The summed E-state index contributed by atoms with van der Waals surface area (Å²) >= 11 is 0. The van der Waals surface area contributed by atoms with Crippen molar-refractivity contribution < 1.29 is 19.5 Å². The number of benzene rings is 1. The van der Waals surface area contributed by atoms with Crippen LogP contribution >= 0.6 is 0 Å². The summed E-state index contributed by atoms with van der Waals surface area (Å²) in [5.74, 6) is 0.379. The molecule has 6 nitrogen and oxygen atoms in total. The standard InChI is InChI=1S/C11H15NO5/c1-7(13)4-8-5-9(12(14)15)11(17-3)10(6-8)16-2/h5-7,13H,4H2,1-3H3. The van der Waals surface area contributed by atoms with E-state index < -0.39 is 11.0 Å². The van der Waals surface area contributed by atoms with E-state index in [2.05, 4.69) is 0 Å². The molecular formula is C11H15NO5. The maximum Gasteiger partial charge on any atom is 0.315 e. The summed E-state index contributed by atoms with van der Waals surface area (Å²) in [4.78, 5) is 10.4. The first-order valence-corrected chi connectivity index (χ1v) is 5.07. The lowest BCUT2D eigenvalue weighted by Gasteiger charge is -2.11. The minimum absolute atomic E-state index is 0.0897. The molecule has 0 heterocycles. The summed E-state index contributed by atoms with van der Waals surface area (Å²) in [5, 5.41) is 20.2. The predicted molar refractivity (Wildman–Crippen MR) is 61.6 cm³/mol. The highest BCUT2D eigenvalue weighted by molar-refractivity contribution is 5.58. The van der Waals surface area contributed by atoms with Gasteiger partial charge in [0.25, 0.3) is 0 Å². The molecule has 0 fully saturated rings. The third-order valence-corrected chi connectivity index (χ3v) is 2.25. The maximum atomic E-state index is 10.9. The van der Waals surface area contributed by atoms with E-state index in [1.807, 2.05) is 0 Å². The molecule has 0 aliphatic heterocycles. The highest BCUT2D eigenvalue weighted by Gasteiger charge is 2.21. The van der Waals surface area contributed by atoms with Crippen molar-refractivity contribution in [3.63, 3.8) is 0 Å². The van der Waals surface area contributed by atoms with Crippen LogP contribution in [0.1, 0.15) is 12.5 Å². The molecule has 6 heteroatoms. The van der Waals surface area contributed by atoms with Gasteiger partial charge in [-0.2, -0.15) is 0 Å². The minimum Gasteiger partial charge on any atom is -0.493 e. The van der Waals surface area contributed by atoms with Gasteiger partial charge in [-0.05, 0) is 25.0 Å². The second-order valence-corrected chi connectivity index (χ2v) is 3.66. The summed E-state index contributed by atoms with van der Waals surface area (Å²) < 4.78 is 10.00. The van der Waals surface area contributed by atoms with E-state index in [1.165, 1.54) is 20.3 Å². The van der Waals surface area contributed by atoms with Crippen LogP contribution in [0.2, 0.25) is 0 Å². The van der Waals surface area contributed by atoms with Crippen molar-refractivity contribution >= 4 is 5.69 Å². The van der Waals surface area contributed by atoms with Crippen molar-refractivity contribution in [2.45, 2.75) is 19.4 Å². The third-order valence-electron chi connectivity index (χ3n) is 2.25. The van der Waals surface area contributed by atoms with Crippen LogP contribution in [0.3, 0.4) is 0 Å². The molecule has 94 valence electrons. The Morgan fingerprint density at radius 2 is 2.06 bits per heavy atom. The lowest BCUT2D eigenvalue weighted by atomic mass is 10.1. The zero-order chi connectivity index (χ0) is 13.0. The third kappa shape index (κ3) is 3.07. The molecular weight excluding hydrogens is 226 g/mol. The molecule has 1 atom stereocenters. The van der Waals surface area contributed by atoms with Gasteiger partial charge >= 0.3 is 5.69 Å². The highest BCUT2D eigenvalue weighted by atomic mass is 16.6. The Morgan fingerprint density at radius 1 is 1.41 bits per heavy atom. The molecule has 0 radical (unpaired) electrons. The first-order chi connectivity index (χ1) is 7.99. The van der Waals surface area contributed by atoms with E-state index in [0.29, 0.717) is 12.0 Å². The number of methoxy groups -OCH3 is 2. The normalized spacial score (nSPS) is 12.0. The van der Waals surface area contributed by atoms with Gasteiger partial charge in [0, 0.05) is 6.07 Å². The molecule has 1 aromatic rings. The molecule has 0 spiro atoms. The summed E-state index contributed by atoms with van der Waals surface area (Å²) in [6.45, 7) is 1.61. The molecule has 0 saturated heterocycles. The molecule has 0 bridgehead atoms. The molecule has 1 rings (SSSR count). The first kappa shape index (κ1) is 13.2. The Labute approximate surface area is 98.9 Å². The first-order valence-electron chi connectivity index (χ1n) is 5.07. The van der Waals surface area contributed by atoms with E-state index >= 15 is 0 Å². The summed E-state index contributed by atoms with van der Waals surface area (Å²) in [6.07, 6.45) is -0.256. The fourth-order valence-corrected chi connectivity index (χ4v) is 1.59. The van der Waals surface area contributed by atoms with E-state index in [-0.39, 0.29) is 17.2 Å². The SMILES string of the molecule is COc1cc(CC(C)O)cc([N+](=O)[O-])c1OC. The Bertz CT molecular complexity index is 417. The van der Waals surface area contributed by atoms with E-state index in [4.69, 9.17) is 9.47 Å². The van der Waals surface area contributed by atoms with Gasteiger partial charge in [0.1, 0.15) is 0 Å². The van der Waals surface area contributed by atoms with Gasteiger partial charge in [0.05, 0.1) is 25.2 Å². The van der Waals surface area contributed by atoms with Crippen LogP contribution < -0.4 is 9.47 Å². The van der Waals surface area contributed by atoms with Crippen molar-refractivity contribution in [3.8, 4) is 11.5 Å². The van der Waals surface area contributed by atoms with Crippen molar-refractivity contribution in [1.82, 2.24) is 0 Å². The van der Waals surface area contributed by atoms with Crippen LogP contribution in [0.5, 0.6) is 11.5 Å². The molecule has 1 N–H and O–H groups in total. The number of ether oxygens (including phenoxy) is 2. The topological polar surface area (TPSA) is 81.8 Å². The Kier molecular flexibility index (Phi) is 4.28. The van der Waals surface area contributed by atoms with Crippen molar-refractivity contribution in [3.05, 3.63) is 27.8 Å². The number of aliphatic hydroxyl groups is 1. The highest BCUT2D eigenvalue weighted by Crippen LogP contribution is 2.38. The zero-order valence-corrected chi connectivity index (χ0v) is 9.97. The monoisotopic (exact) mass is 241 g/mol. The van der Waals surface area contributed by atoms with Crippen LogP contribution in [-0.4, -0.2) is 30.4 Å². The molecule has 1 unspecified atom stereocenters. The van der Waals surface area contributed by atoms with Crippen molar-refractivity contribution in [1.29, 1.82) is 0 Å². The second kappa shape index (κ2) is 5.49. The van der Waals surface area contributed by atoms with Crippen LogP contribution in [0.15, 0.2) is 12.1 Å². The molecule has 0 aliphatic rings. The number of nitro benzene ring substituents is 1. The van der Waals surface area contributed by atoms with E-state index in [0.717, 1.165) is 0 Å². The Hall–Kier alpha value is -1.82. The smallest absolute Gasteiger partial charge is 0.315 e. The zero-order valence-electron chi connectivity index (χ0n) is 9.97. The molecule has 0 saturated carbocycles. The van der Waals surface area contributed by atoms with E-state index in [1.54, 1.807) is 13.0 Å². The van der Waals surface area contributed by atoms with Crippen molar-refractivity contribution in [2.24, 2.45) is 0 Å². The predicted octanol–water partition coefficient (Wildman–Crippen LogP) is 1.54. The quantitative estimate of drug-likeness (QED) is 0.624. The van der Waals surface area contributed by atoms with Gasteiger partial charge in [-0.15, -0.1) is 0 Å². The van der Waals surface area contributed by atoms with E-state index in [9.17, 15) is 15.2 Å². The molecule has 1 aromatic carbocycles. The average Bonchev–Trinajstić information content (AvgIpc) is 2.26. The van der Waals surface area contributed by atoms with Crippen molar-refractivity contribution in [2.75, 3.05) is 14.2 Å². The van der Waals surface area contributed by atoms with Crippen LogP contribution in [-0.2, 0) is 6.42 Å². The maximum absolute atomic E-state index is 10.9. The number of rotatable bonds is 5. The number of nitro groups is 1. The molecule has 0 aliphatic carbocycles. The number of hydrogen-bond donors (Lipinski definition) is 1. The lowest BCUT2D eigenvalue weighted by Crippen LogP contribution is -2.06.